The summed E-state index contributed by atoms with van der Waals surface area (Å²) in [7, 11) is 1.63. The number of rotatable bonds is 13. The first-order valence-corrected chi connectivity index (χ1v) is 13.3. The van der Waals surface area contributed by atoms with Gasteiger partial charge in [0.25, 0.3) is 0 Å². The summed E-state index contributed by atoms with van der Waals surface area (Å²) in [5.74, 6) is -1.64. The maximum atomic E-state index is 13.3. The van der Waals surface area contributed by atoms with Crippen LogP contribution in [0.15, 0.2) is 0 Å². The van der Waals surface area contributed by atoms with Crippen LogP contribution < -0.4 is 5.32 Å². The third kappa shape index (κ3) is 10.5. The molecule has 0 aromatic heterocycles. The molecule has 35 heavy (non-hydrogen) atoms. The lowest BCUT2D eigenvalue weighted by atomic mass is 9.86. The zero-order valence-electron chi connectivity index (χ0n) is 21.8. The van der Waals surface area contributed by atoms with Crippen molar-refractivity contribution in [3.05, 3.63) is 0 Å². The van der Waals surface area contributed by atoms with Gasteiger partial charge in [-0.3, -0.25) is 19.2 Å². The minimum Gasteiger partial charge on any atom is -0.481 e. The molecule has 0 heterocycles. The zero-order valence-corrected chi connectivity index (χ0v) is 21.8. The lowest BCUT2D eigenvalue weighted by Crippen LogP contribution is -2.50. The van der Waals surface area contributed by atoms with Gasteiger partial charge in [-0.25, -0.2) is 0 Å². The minimum atomic E-state index is -1.02. The summed E-state index contributed by atoms with van der Waals surface area (Å²) >= 11 is 0. The maximum Gasteiger partial charge on any atom is 0.305 e. The summed E-state index contributed by atoms with van der Waals surface area (Å²) in [6.07, 6.45) is 8.88. The van der Waals surface area contributed by atoms with Crippen molar-refractivity contribution in [3.63, 3.8) is 0 Å². The predicted molar refractivity (Wildman–Crippen MR) is 133 cm³/mol. The lowest BCUT2D eigenvalue weighted by molar-refractivity contribution is -0.147. The number of ether oxygens (including phenoxy) is 1. The van der Waals surface area contributed by atoms with Gasteiger partial charge in [-0.05, 0) is 44.4 Å². The summed E-state index contributed by atoms with van der Waals surface area (Å²) in [5, 5.41) is 12.3. The highest BCUT2D eigenvalue weighted by atomic mass is 16.5. The molecule has 2 atom stereocenters. The molecule has 0 aliphatic heterocycles. The van der Waals surface area contributed by atoms with E-state index in [4.69, 9.17) is 4.74 Å². The Morgan fingerprint density at radius 2 is 1.66 bits per heavy atom. The fourth-order valence-corrected chi connectivity index (χ4v) is 5.00. The maximum absolute atomic E-state index is 13.3. The number of methoxy groups -OCH3 is 1. The molecule has 0 aromatic rings. The number of hydrogen-bond donors (Lipinski definition) is 2. The molecule has 0 saturated heterocycles. The first-order chi connectivity index (χ1) is 16.7. The molecular formula is C26H45N3O6. The second-order valence-corrected chi connectivity index (χ2v) is 10.5. The van der Waals surface area contributed by atoms with E-state index < -0.39 is 5.97 Å². The zero-order chi connectivity index (χ0) is 25.8. The standard InChI is InChI=1S/C26H45N3O6/c1-19(2)12-14-28(17-23(30)27-21-9-5-4-6-10-21)24(31)18-29(15-13-25(32)33)26(34)20-8-7-11-22(16-20)35-3/h19-22H,4-18H2,1-3H3,(H,27,30)(H,32,33). The Labute approximate surface area is 209 Å². The van der Waals surface area contributed by atoms with E-state index in [1.165, 1.54) is 16.2 Å². The van der Waals surface area contributed by atoms with E-state index >= 15 is 0 Å². The van der Waals surface area contributed by atoms with E-state index in [-0.39, 0.29) is 61.8 Å². The quantitative estimate of drug-likeness (QED) is 0.406. The molecule has 9 heteroatoms. The fourth-order valence-electron chi connectivity index (χ4n) is 5.00. The van der Waals surface area contributed by atoms with Gasteiger partial charge in [0.15, 0.2) is 0 Å². The topological polar surface area (TPSA) is 116 Å². The number of hydrogen-bond acceptors (Lipinski definition) is 5. The Morgan fingerprint density at radius 1 is 0.943 bits per heavy atom. The Bertz CT molecular complexity index is 707. The number of carboxylic acids is 1. The van der Waals surface area contributed by atoms with Gasteiger partial charge in [0.05, 0.1) is 25.6 Å². The van der Waals surface area contributed by atoms with E-state index in [0.717, 1.165) is 44.9 Å². The van der Waals surface area contributed by atoms with Gasteiger partial charge in [-0.1, -0.05) is 39.5 Å². The monoisotopic (exact) mass is 495 g/mol. The second-order valence-electron chi connectivity index (χ2n) is 10.5. The molecule has 0 bridgehead atoms. The van der Waals surface area contributed by atoms with Gasteiger partial charge in [0.1, 0.15) is 0 Å². The SMILES string of the molecule is COC1CCCC(C(=O)N(CCC(=O)O)CC(=O)N(CCC(C)C)CC(=O)NC2CCCCC2)C1. The van der Waals surface area contributed by atoms with Crippen LogP contribution in [0.4, 0.5) is 0 Å². The van der Waals surface area contributed by atoms with E-state index in [1.54, 1.807) is 7.11 Å². The van der Waals surface area contributed by atoms with Crippen molar-refractivity contribution in [1.82, 2.24) is 15.1 Å². The van der Waals surface area contributed by atoms with Crippen LogP contribution >= 0.6 is 0 Å². The number of amides is 3. The van der Waals surface area contributed by atoms with E-state index in [9.17, 15) is 24.3 Å². The molecule has 2 fully saturated rings. The van der Waals surface area contributed by atoms with E-state index in [1.807, 2.05) is 0 Å². The van der Waals surface area contributed by atoms with Crippen molar-refractivity contribution in [2.45, 2.75) is 96.6 Å². The molecule has 2 aliphatic carbocycles. The minimum absolute atomic E-state index is 0.000693. The molecule has 2 unspecified atom stereocenters. The largest absolute Gasteiger partial charge is 0.481 e. The second kappa shape index (κ2) is 15.1. The van der Waals surface area contributed by atoms with Crippen LogP contribution in [-0.4, -0.2) is 84.0 Å². The molecule has 3 amide bonds. The Kier molecular flexibility index (Phi) is 12.5. The first kappa shape index (κ1) is 29.1. The van der Waals surface area contributed by atoms with Crippen molar-refractivity contribution in [1.29, 1.82) is 0 Å². The summed E-state index contributed by atoms with van der Waals surface area (Å²) < 4.78 is 5.44. The molecule has 0 aromatic carbocycles. The molecule has 2 rings (SSSR count). The molecule has 200 valence electrons. The molecule has 2 aliphatic rings. The highest BCUT2D eigenvalue weighted by Crippen LogP contribution is 2.28. The van der Waals surface area contributed by atoms with Crippen LogP contribution in [0.2, 0.25) is 0 Å². The highest BCUT2D eigenvalue weighted by molar-refractivity contribution is 5.89. The molecule has 2 saturated carbocycles. The Balaban J connectivity index is 2.06. The van der Waals surface area contributed by atoms with Gasteiger partial charge >= 0.3 is 5.97 Å². The van der Waals surface area contributed by atoms with E-state index in [0.29, 0.717) is 25.3 Å². The smallest absolute Gasteiger partial charge is 0.305 e. The van der Waals surface area contributed by atoms with Crippen molar-refractivity contribution >= 4 is 23.7 Å². The van der Waals surface area contributed by atoms with Crippen LogP contribution in [0.5, 0.6) is 0 Å². The Morgan fingerprint density at radius 3 is 2.29 bits per heavy atom. The van der Waals surface area contributed by atoms with Crippen LogP contribution in [0, 0.1) is 11.8 Å². The number of carbonyl (C=O) groups excluding carboxylic acids is 3. The van der Waals surface area contributed by atoms with Crippen molar-refractivity contribution in [3.8, 4) is 0 Å². The molecule has 0 spiro atoms. The van der Waals surface area contributed by atoms with Gasteiger partial charge in [0.2, 0.25) is 17.7 Å². The number of aliphatic carboxylic acids is 1. The van der Waals surface area contributed by atoms with Crippen LogP contribution in [-0.2, 0) is 23.9 Å². The summed E-state index contributed by atoms with van der Waals surface area (Å²) in [6, 6.07) is 0.159. The average molecular weight is 496 g/mol. The van der Waals surface area contributed by atoms with Crippen LogP contribution in [0.3, 0.4) is 0 Å². The number of nitrogens with one attached hydrogen (secondary N) is 1. The summed E-state index contributed by atoms with van der Waals surface area (Å²) in [6.45, 7) is 4.25. The van der Waals surface area contributed by atoms with Gasteiger partial charge in [-0.15, -0.1) is 0 Å². The summed E-state index contributed by atoms with van der Waals surface area (Å²) in [4.78, 5) is 53.5. The van der Waals surface area contributed by atoms with Crippen molar-refractivity contribution in [2.24, 2.45) is 11.8 Å². The number of nitrogens with zero attached hydrogens (tertiary/aromatic N) is 2. The van der Waals surface area contributed by atoms with Crippen molar-refractivity contribution in [2.75, 3.05) is 33.3 Å². The van der Waals surface area contributed by atoms with Crippen molar-refractivity contribution < 1.29 is 29.0 Å². The van der Waals surface area contributed by atoms with E-state index in [2.05, 4.69) is 19.2 Å². The predicted octanol–water partition coefficient (Wildman–Crippen LogP) is 2.82. The average Bonchev–Trinajstić information content (AvgIpc) is 2.84. The molecule has 9 nitrogen and oxygen atoms in total. The van der Waals surface area contributed by atoms with Gasteiger partial charge in [0, 0.05) is 32.2 Å². The first-order valence-electron chi connectivity index (χ1n) is 13.3. The fraction of sp³-hybridized carbons (Fsp3) is 0.846. The molecule has 0 radical (unpaired) electrons. The third-order valence-corrected chi connectivity index (χ3v) is 7.18. The Hall–Kier alpha value is -2.16. The summed E-state index contributed by atoms with van der Waals surface area (Å²) in [5.41, 5.74) is 0. The highest BCUT2D eigenvalue weighted by Gasteiger charge is 2.32. The molecule has 2 N–H and O–H groups in total. The van der Waals surface area contributed by atoms with Crippen LogP contribution in [0.25, 0.3) is 0 Å². The van der Waals surface area contributed by atoms with Gasteiger partial charge < -0.3 is 25.0 Å². The number of carboxylic acid groups (broad SMARTS) is 1. The van der Waals surface area contributed by atoms with Crippen LogP contribution in [0.1, 0.15) is 84.5 Å². The number of carbonyl (C=O) groups is 4. The molecular weight excluding hydrogens is 450 g/mol. The van der Waals surface area contributed by atoms with Gasteiger partial charge in [-0.2, -0.15) is 0 Å². The third-order valence-electron chi connectivity index (χ3n) is 7.18. The lowest BCUT2D eigenvalue weighted by Gasteiger charge is -2.33. The normalized spacial score (nSPS) is 20.9.